The summed E-state index contributed by atoms with van der Waals surface area (Å²) in [6.45, 7) is 2.14. The summed E-state index contributed by atoms with van der Waals surface area (Å²) >= 11 is 0. The van der Waals surface area contributed by atoms with E-state index in [4.69, 9.17) is 15.2 Å². The van der Waals surface area contributed by atoms with Gasteiger partial charge in [-0.05, 0) is 19.1 Å². The van der Waals surface area contributed by atoms with Gasteiger partial charge in [0, 0.05) is 17.7 Å². The van der Waals surface area contributed by atoms with Crippen LogP contribution >= 0.6 is 0 Å². The van der Waals surface area contributed by atoms with Gasteiger partial charge in [-0.15, -0.1) is 0 Å². The minimum Gasteiger partial charge on any atom is -0.472 e. The Balaban J connectivity index is 1.97. The van der Waals surface area contributed by atoms with E-state index < -0.39 is 0 Å². The Hall–Kier alpha value is -2.23. The highest BCUT2D eigenvalue weighted by atomic mass is 16.5. The van der Waals surface area contributed by atoms with Crippen molar-refractivity contribution in [2.45, 2.75) is 20.0 Å². The van der Waals surface area contributed by atoms with Crippen LogP contribution in [-0.4, -0.2) is 5.97 Å². The molecule has 0 unspecified atom stereocenters. The molecule has 0 amide bonds. The standard InChI is InChI=1S/C14H15NO3/c1-10-4-5-13(15)12(7-10)9-18-14(16)11-3-2-6-17-8-11/h2,4-8H,3,9,15H2,1H3. The maximum atomic E-state index is 11.7. The van der Waals surface area contributed by atoms with Crippen molar-refractivity contribution in [3.8, 4) is 0 Å². The Morgan fingerprint density at radius 3 is 3.06 bits per heavy atom. The molecule has 1 heterocycles. The number of nitrogen functional groups attached to an aromatic ring is 1. The van der Waals surface area contributed by atoms with Crippen LogP contribution in [0.1, 0.15) is 17.5 Å². The van der Waals surface area contributed by atoms with Gasteiger partial charge in [-0.1, -0.05) is 17.7 Å². The monoisotopic (exact) mass is 245 g/mol. The van der Waals surface area contributed by atoms with Gasteiger partial charge in [0.1, 0.15) is 12.9 Å². The Kier molecular flexibility index (Phi) is 3.67. The molecule has 0 radical (unpaired) electrons. The quantitative estimate of drug-likeness (QED) is 0.656. The fourth-order valence-electron chi connectivity index (χ4n) is 1.63. The Labute approximate surface area is 106 Å². The molecule has 18 heavy (non-hydrogen) atoms. The Morgan fingerprint density at radius 2 is 2.33 bits per heavy atom. The minimum absolute atomic E-state index is 0.174. The normalized spacial score (nSPS) is 13.7. The van der Waals surface area contributed by atoms with E-state index in [1.807, 2.05) is 25.1 Å². The van der Waals surface area contributed by atoms with Crippen LogP contribution in [0.3, 0.4) is 0 Å². The first-order valence-corrected chi connectivity index (χ1v) is 5.68. The van der Waals surface area contributed by atoms with E-state index in [0.29, 0.717) is 17.7 Å². The lowest BCUT2D eigenvalue weighted by Gasteiger charge is -2.10. The highest BCUT2D eigenvalue weighted by molar-refractivity contribution is 5.88. The van der Waals surface area contributed by atoms with Crippen LogP contribution in [-0.2, 0) is 20.9 Å². The first kappa shape index (κ1) is 12.2. The van der Waals surface area contributed by atoms with Gasteiger partial charge in [-0.25, -0.2) is 4.79 Å². The molecule has 1 aliphatic heterocycles. The van der Waals surface area contributed by atoms with Crippen LogP contribution in [0.4, 0.5) is 5.69 Å². The Bertz CT molecular complexity index is 518. The molecule has 0 spiro atoms. The number of rotatable bonds is 3. The SMILES string of the molecule is Cc1ccc(N)c(COC(=O)C2=COC=CC2)c1. The molecule has 94 valence electrons. The number of anilines is 1. The van der Waals surface area contributed by atoms with Gasteiger partial charge in [0.25, 0.3) is 0 Å². The highest BCUT2D eigenvalue weighted by Crippen LogP contribution is 2.17. The van der Waals surface area contributed by atoms with Crippen LogP contribution < -0.4 is 5.73 Å². The van der Waals surface area contributed by atoms with E-state index in [2.05, 4.69) is 0 Å². The third-order valence-corrected chi connectivity index (χ3v) is 2.64. The summed E-state index contributed by atoms with van der Waals surface area (Å²) in [5.74, 6) is -0.375. The number of nitrogens with two attached hydrogens (primary N) is 1. The zero-order chi connectivity index (χ0) is 13.0. The lowest BCUT2D eigenvalue weighted by molar-refractivity contribution is -0.140. The maximum absolute atomic E-state index is 11.7. The smallest absolute Gasteiger partial charge is 0.337 e. The van der Waals surface area contributed by atoms with Crippen molar-refractivity contribution in [1.29, 1.82) is 0 Å². The van der Waals surface area contributed by atoms with Crippen molar-refractivity contribution in [2.75, 3.05) is 5.73 Å². The average Bonchev–Trinajstić information content (AvgIpc) is 2.40. The van der Waals surface area contributed by atoms with Gasteiger partial charge in [0.15, 0.2) is 0 Å². The minimum atomic E-state index is -0.375. The molecule has 2 rings (SSSR count). The number of carbonyl (C=O) groups is 1. The molecule has 4 nitrogen and oxygen atoms in total. The van der Waals surface area contributed by atoms with Crippen molar-refractivity contribution in [1.82, 2.24) is 0 Å². The lowest BCUT2D eigenvalue weighted by Crippen LogP contribution is -2.10. The molecule has 0 saturated heterocycles. The zero-order valence-corrected chi connectivity index (χ0v) is 10.2. The molecule has 0 aliphatic carbocycles. The largest absolute Gasteiger partial charge is 0.472 e. The maximum Gasteiger partial charge on any atom is 0.337 e. The van der Waals surface area contributed by atoms with Crippen molar-refractivity contribution >= 4 is 11.7 Å². The summed E-state index contributed by atoms with van der Waals surface area (Å²) in [6, 6.07) is 5.64. The molecule has 4 heteroatoms. The average molecular weight is 245 g/mol. The van der Waals surface area contributed by atoms with E-state index in [0.717, 1.165) is 11.1 Å². The van der Waals surface area contributed by atoms with Crippen LogP contribution in [0, 0.1) is 6.92 Å². The van der Waals surface area contributed by atoms with E-state index in [9.17, 15) is 4.79 Å². The van der Waals surface area contributed by atoms with Crippen molar-refractivity contribution in [2.24, 2.45) is 0 Å². The first-order chi connectivity index (χ1) is 8.66. The van der Waals surface area contributed by atoms with E-state index >= 15 is 0 Å². The third-order valence-electron chi connectivity index (χ3n) is 2.64. The predicted molar refractivity (Wildman–Crippen MR) is 68.3 cm³/mol. The highest BCUT2D eigenvalue weighted by Gasteiger charge is 2.13. The number of allylic oxidation sites excluding steroid dienone is 1. The zero-order valence-electron chi connectivity index (χ0n) is 10.2. The molecule has 0 atom stereocenters. The molecule has 0 bridgehead atoms. The number of benzene rings is 1. The van der Waals surface area contributed by atoms with Gasteiger partial charge in [-0.2, -0.15) is 0 Å². The lowest BCUT2D eigenvalue weighted by atomic mass is 10.1. The van der Waals surface area contributed by atoms with Crippen LogP contribution in [0.25, 0.3) is 0 Å². The topological polar surface area (TPSA) is 61.5 Å². The number of esters is 1. The van der Waals surface area contributed by atoms with Crippen LogP contribution in [0.5, 0.6) is 0 Å². The molecule has 1 aromatic rings. The van der Waals surface area contributed by atoms with E-state index in [1.165, 1.54) is 12.5 Å². The fourth-order valence-corrected chi connectivity index (χ4v) is 1.63. The van der Waals surface area contributed by atoms with Crippen LogP contribution in [0.2, 0.25) is 0 Å². The second-order valence-electron chi connectivity index (χ2n) is 4.13. The molecule has 1 aromatic carbocycles. The van der Waals surface area contributed by atoms with Gasteiger partial charge in [-0.3, -0.25) is 0 Å². The third kappa shape index (κ3) is 2.91. The predicted octanol–water partition coefficient (Wildman–Crippen LogP) is 2.44. The van der Waals surface area contributed by atoms with E-state index in [-0.39, 0.29) is 12.6 Å². The molecule has 0 fully saturated rings. The number of ether oxygens (including phenoxy) is 2. The number of hydrogen-bond acceptors (Lipinski definition) is 4. The van der Waals surface area contributed by atoms with Gasteiger partial charge in [0.2, 0.25) is 0 Å². The fraction of sp³-hybridized carbons (Fsp3) is 0.214. The van der Waals surface area contributed by atoms with Crippen molar-refractivity contribution in [3.05, 3.63) is 53.5 Å². The van der Waals surface area contributed by atoms with Gasteiger partial charge >= 0.3 is 5.97 Å². The van der Waals surface area contributed by atoms with E-state index in [1.54, 1.807) is 6.08 Å². The number of hydrogen-bond donors (Lipinski definition) is 1. The summed E-state index contributed by atoms with van der Waals surface area (Å²) in [7, 11) is 0. The molecular formula is C14H15NO3. The van der Waals surface area contributed by atoms with Crippen molar-refractivity contribution in [3.63, 3.8) is 0 Å². The number of carbonyl (C=O) groups excluding carboxylic acids is 1. The molecule has 0 saturated carbocycles. The van der Waals surface area contributed by atoms with Crippen LogP contribution in [0.15, 0.2) is 42.4 Å². The second-order valence-corrected chi connectivity index (χ2v) is 4.13. The number of aryl methyl sites for hydroxylation is 1. The molecule has 2 N–H and O–H groups in total. The Morgan fingerprint density at radius 1 is 1.50 bits per heavy atom. The second kappa shape index (κ2) is 5.40. The summed E-state index contributed by atoms with van der Waals surface area (Å²) < 4.78 is 10.1. The van der Waals surface area contributed by atoms with Gasteiger partial charge in [0.05, 0.1) is 11.8 Å². The summed E-state index contributed by atoms with van der Waals surface area (Å²) in [4.78, 5) is 11.7. The summed E-state index contributed by atoms with van der Waals surface area (Å²) in [5, 5.41) is 0. The first-order valence-electron chi connectivity index (χ1n) is 5.68. The molecule has 0 aromatic heterocycles. The molecule has 1 aliphatic rings. The van der Waals surface area contributed by atoms with Gasteiger partial charge < -0.3 is 15.2 Å². The summed E-state index contributed by atoms with van der Waals surface area (Å²) in [5.41, 5.74) is 8.84. The summed E-state index contributed by atoms with van der Waals surface area (Å²) in [6.07, 6.45) is 5.23. The molecular weight excluding hydrogens is 230 g/mol. The van der Waals surface area contributed by atoms with Crippen molar-refractivity contribution < 1.29 is 14.3 Å².